The lowest BCUT2D eigenvalue weighted by atomic mass is 9.99. The predicted octanol–water partition coefficient (Wildman–Crippen LogP) is 2.26. The summed E-state index contributed by atoms with van der Waals surface area (Å²) in [4.78, 5) is 12.7. The van der Waals surface area contributed by atoms with Crippen molar-refractivity contribution < 1.29 is 23.1 Å². The van der Waals surface area contributed by atoms with Crippen molar-refractivity contribution in [1.29, 1.82) is 0 Å². The second-order valence-electron chi connectivity index (χ2n) is 4.97. The second kappa shape index (κ2) is 5.21. The van der Waals surface area contributed by atoms with Crippen LogP contribution in [0.25, 0.3) is 0 Å². The SMILES string of the molecule is C[C@@H]1CN(Cc2cc(F)c(F)cc2F)C[C@H]1C(=O)O. The van der Waals surface area contributed by atoms with Gasteiger partial charge >= 0.3 is 5.97 Å². The fraction of sp³-hybridized carbons (Fsp3) is 0.462. The van der Waals surface area contributed by atoms with Gasteiger partial charge in [0.05, 0.1) is 5.92 Å². The largest absolute Gasteiger partial charge is 0.481 e. The molecule has 1 heterocycles. The number of benzene rings is 1. The number of carboxylic acid groups (broad SMARTS) is 1. The third kappa shape index (κ3) is 2.89. The average molecular weight is 273 g/mol. The van der Waals surface area contributed by atoms with Gasteiger partial charge in [-0.3, -0.25) is 9.69 Å². The summed E-state index contributed by atoms with van der Waals surface area (Å²) < 4.78 is 39.3. The van der Waals surface area contributed by atoms with Crippen LogP contribution in [0.5, 0.6) is 0 Å². The van der Waals surface area contributed by atoms with Crippen LogP contribution in [0.1, 0.15) is 12.5 Å². The molecule has 0 unspecified atom stereocenters. The molecule has 0 spiro atoms. The first-order chi connectivity index (χ1) is 8.88. The Morgan fingerprint density at radius 2 is 1.89 bits per heavy atom. The highest BCUT2D eigenvalue weighted by Gasteiger charge is 2.34. The van der Waals surface area contributed by atoms with E-state index in [0.717, 1.165) is 6.07 Å². The van der Waals surface area contributed by atoms with Crippen molar-refractivity contribution in [1.82, 2.24) is 4.90 Å². The Kier molecular flexibility index (Phi) is 3.80. The van der Waals surface area contributed by atoms with Crippen LogP contribution in [0, 0.1) is 29.3 Å². The van der Waals surface area contributed by atoms with E-state index in [4.69, 9.17) is 5.11 Å². The van der Waals surface area contributed by atoms with E-state index in [0.29, 0.717) is 12.6 Å². The number of halogens is 3. The van der Waals surface area contributed by atoms with E-state index in [1.54, 1.807) is 11.8 Å². The van der Waals surface area contributed by atoms with Crippen LogP contribution in [0.3, 0.4) is 0 Å². The zero-order valence-corrected chi connectivity index (χ0v) is 10.4. The van der Waals surface area contributed by atoms with Crippen molar-refractivity contribution >= 4 is 5.97 Å². The molecule has 1 N–H and O–H groups in total. The molecular weight excluding hydrogens is 259 g/mol. The maximum Gasteiger partial charge on any atom is 0.308 e. The summed E-state index contributed by atoms with van der Waals surface area (Å²) in [5.41, 5.74) is 0.0390. The molecule has 0 saturated carbocycles. The number of aliphatic carboxylic acids is 1. The van der Waals surface area contributed by atoms with Crippen molar-refractivity contribution in [3.8, 4) is 0 Å². The van der Waals surface area contributed by atoms with E-state index in [1.165, 1.54) is 0 Å². The van der Waals surface area contributed by atoms with Gasteiger partial charge in [-0.05, 0) is 12.0 Å². The van der Waals surface area contributed by atoms with E-state index < -0.39 is 29.3 Å². The molecule has 0 aromatic heterocycles. The van der Waals surface area contributed by atoms with Crippen molar-refractivity contribution in [2.45, 2.75) is 13.5 Å². The minimum Gasteiger partial charge on any atom is -0.481 e. The zero-order valence-electron chi connectivity index (χ0n) is 10.4. The van der Waals surface area contributed by atoms with E-state index in [9.17, 15) is 18.0 Å². The number of hydrogen-bond donors (Lipinski definition) is 1. The number of nitrogens with zero attached hydrogens (tertiary/aromatic N) is 1. The molecule has 1 aromatic carbocycles. The summed E-state index contributed by atoms with van der Waals surface area (Å²) in [7, 11) is 0. The number of hydrogen-bond acceptors (Lipinski definition) is 2. The van der Waals surface area contributed by atoms with Crippen LogP contribution < -0.4 is 0 Å². The molecular formula is C13H14F3NO2. The quantitative estimate of drug-likeness (QED) is 0.859. The van der Waals surface area contributed by atoms with Gasteiger partial charge in [0.15, 0.2) is 11.6 Å². The van der Waals surface area contributed by atoms with Gasteiger partial charge in [-0.1, -0.05) is 6.92 Å². The van der Waals surface area contributed by atoms with Crippen LogP contribution >= 0.6 is 0 Å². The van der Waals surface area contributed by atoms with Gasteiger partial charge < -0.3 is 5.11 Å². The molecule has 0 aliphatic carbocycles. The summed E-state index contributed by atoms with van der Waals surface area (Å²) in [6.07, 6.45) is 0. The minimum atomic E-state index is -1.22. The Balaban J connectivity index is 2.11. The monoisotopic (exact) mass is 273 g/mol. The lowest BCUT2D eigenvalue weighted by Gasteiger charge is -2.16. The second-order valence-corrected chi connectivity index (χ2v) is 4.97. The summed E-state index contributed by atoms with van der Waals surface area (Å²) >= 11 is 0. The fourth-order valence-corrected chi connectivity index (χ4v) is 2.44. The summed E-state index contributed by atoms with van der Waals surface area (Å²) in [6.45, 7) is 2.67. The first kappa shape index (κ1) is 13.9. The molecule has 1 aliphatic rings. The molecule has 1 aromatic rings. The van der Waals surface area contributed by atoms with E-state index in [1.807, 2.05) is 0 Å². The van der Waals surface area contributed by atoms with Gasteiger partial charge in [-0.15, -0.1) is 0 Å². The van der Waals surface area contributed by atoms with Crippen LogP contribution in [0.15, 0.2) is 12.1 Å². The van der Waals surface area contributed by atoms with Crippen molar-refractivity contribution in [3.63, 3.8) is 0 Å². The molecule has 1 saturated heterocycles. The van der Waals surface area contributed by atoms with E-state index in [2.05, 4.69) is 0 Å². The van der Waals surface area contributed by atoms with E-state index in [-0.39, 0.29) is 24.6 Å². The molecule has 3 nitrogen and oxygen atoms in total. The molecule has 0 radical (unpaired) electrons. The standard InChI is InChI=1S/C13H14F3NO2/c1-7-4-17(6-9(7)13(18)19)5-8-2-11(15)12(16)3-10(8)14/h2-3,7,9H,4-6H2,1H3,(H,18,19)/t7-,9-/m1/s1. The Hall–Kier alpha value is -1.56. The number of carboxylic acids is 1. The molecule has 2 atom stereocenters. The summed E-state index contributed by atoms with van der Waals surface area (Å²) in [5, 5.41) is 8.99. The Morgan fingerprint density at radius 1 is 1.26 bits per heavy atom. The molecule has 104 valence electrons. The van der Waals surface area contributed by atoms with E-state index >= 15 is 0 Å². The smallest absolute Gasteiger partial charge is 0.308 e. The maximum atomic E-state index is 13.5. The van der Waals surface area contributed by atoms with Crippen LogP contribution in [0.4, 0.5) is 13.2 Å². The lowest BCUT2D eigenvalue weighted by molar-refractivity contribution is -0.142. The molecule has 1 fully saturated rings. The van der Waals surface area contributed by atoms with Gasteiger partial charge in [0.2, 0.25) is 0 Å². The topological polar surface area (TPSA) is 40.5 Å². The lowest BCUT2D eigenvalue weighted by Crippen LogP contribution is -2.23. The molecule has 1 aliphatic heterocycles. The van der Waals surface area contributed by atoms with Gasteiger partial charge in [0, 0.05) is 31.3 Å². The Morgan fingerprint density at radius 3 is 2.47 bits per heavy atom. The molecule has 0 bridgehead atoms. The first-order valence-electron chi connectivity index (χ1n) is 5.97. The highest BCUT2D eigenvalue weighted by atomic mass is 19.2. The normalized spacial score (nSPS) is 23.8. The zero-order chi connectivity index (χ0) is 14.2. The average Bonchev–Trinajstić information content (AvgIpc) is 2.67. The number of likely N-dealkylation sites (tertiary alicyclic amines) is 1. The Labute approximate surface area is 108 Å². The van der Waals surface area contributed by atoms with Crippen molar-refractivity contribution in [2.75, 3.05) is 13.1 Å². The van der Waals surface area contributed by atoms with Crippen LogP contribution in [-0.2, 0) is 11.3 Å². The van der Waals surface area contributed by atoms with Gasteiger partial charge in [0.25, 0.3) is 0 Å². The molecule has 0 amide bonds. The molecule has 6 heteroatoms. The predicted molar refractivity (Wildman–Crippen MR) is 61.9 cm³/mol. The fourth-order valence-electron chi connectivity index (χ4n) is 2.44. The number of carbonyl (C=O) groups is 1. The molecule has 2 rings (SSSR count). The Bertz CT molecular complexity index is 507. The van der Waals surface area contributed by atoms with Gasteiger partial charge in [-0.25, -0.2) is 13.2 Å². The van der Waals surface area contributed by atoms with Crippen LogP contribution in [-0.4, -0.2) is 29.1 Å². The van der Waals surface area contributed by atoms with Crippen molar-refractivity contribution in [3.05, 3.63) is 35.1 Å². The summed E-state index contributed by atoms with van der Waals surface area (Å²) in [5.74, 6) is -4.58. The van der Waals surface area contributed by atoms with Crippen molar-refractivity contribution in [2.24, 2.45) is 11.8 Å². The third-order valence-electron chi connectivity index (χ3n) is 3.49. The van der Waals surface area contributed by atoms with Crippen LogP contribution in [0.2, 0.25) is 0 Å². The minimum absolute atomic E-state index is 0.0390. The molecule has 19 heavy (non-hydrogen) atoms. The highest BCUT2D eigenvalue weighted by Crippen LogP contribution is 2.25. The maximum absolute atomic E-state index is 13.5. The highest BCUT2D eigenvalue weighted by molar-refractivity contribution is 5.71. The number of rotatable bonds is 3. The first-order valence-corrected chi connectivity index (χ1v) is 5.97. The van der Waals surface area contributed by atoms with Gasteiger partial charge in [0.1, 0.15) is 5.82 Å². The summed E-state index contributed by atoms with van der Waals surface area (Å²) in [6, 6.07) is 1.34. The third-order valence-corrected chi connectivity index (χ3v) is 3.49. The van der Waals surface area contributed by atoms with Gasteiger partial charge in [-0.2, -0.15) is 0 Å².